The minimum absolute atomic E-state index is 0.0375. The molecule has 0 radical (unpaired) electrons. The van der Waals surface area contributed by atoms with Crippen molar-refractivity contribution >= 4 is 23.1 Å². The first-order valence-corrected chi connectivity index (χ1v) is 12.1. The van der Waals surface area contributed by atoms with E-state index >= 15 is 0 Å². The number of hydrogen-bond acceptors (Lipinski definition) is 5. The highest BCUT2D eigenvalue weighted by Crippen LogP contribution is 2.27. The van der Waals surface area contributed by atoms with Gasteiger partial charge in [-0.15, -0.1) is 0 Å². The maximum absolute atomic E-state index is 12.8. The van der Waals surface area contributed by atoms with Crippen molar-refractivity contribution in [2.45, 2.75) is 57.9 Å². The van der Waals surface area contributed by atoms with Gasteiger partial charge in [-0.3, -0.25) is 15.0 Å². The number of carbonyl (C=O) groups excluding carboxylic acids is 1. The van der Waals surface area contributed by atoms with Gasteiger partial charge in [0.1, 0.15) is 11.4 Å². The fraction of sp³-hybridized carbons (Fsp3) is 0.462. The Labute approximate surface area is 199 Å². The van der Waals surface area contributed by atoms with Crippen molar-refractivity contribution in [3.05, 3.63) is 57.5 Å². The number of nitrogens with zero attached hydrogens (tertiary/aromatic N) is 2. The lowest BCUT2D eigenvalue weighted by atomic mass is 9.95. The second-order valence-corrected chi connectivity index (χ2v) is 9.25. The lowest BCUT2D eigenvalue weighted by Gasteiger charge is -2.23. The average molecular weight is 461 g/mol. The monoisotopic (exact) mass is 460 g/mol. The first kappa shape index (κ1) is 23.6. The molecule has 2 fully saturated rings. The number of rotatable bonds is 5. The molecule has 0 bridgehead atoms. The standard InChI is InChI=1S/C26H32N6O2/c1-17-15-19(9-10-20(17)26(34)32-13-5-6-14-32)30-24(28)23-22(11-12-29-25(23)33)31-21-8-4-2-3-7-18(21)16-27/h9-12,15,18,21H,2-8,13-14H2,1H3,(H2,28,30)(H2,29,31,33)/t18-,21+/m1/s1. The number of carbonyl (C=O) groups is 1. The molecule has 2 aromatic rings. The summed E-state index contributed by atoms with van der Waals surface area (Å²) in [5.41, 5.74) is 2.51. The Balaban J connectivity index is 1.53. The Hall–Kier alpha value is -3.60. The molecule has 8 heteroatoms. The molecular formula is C26H32N6O2. The zero-order chi connectivity index (χ0) is 24.1. The third kappa shape index (κ3) is 5.14. The molecule has 2 heterocycles. The third-order valence-corrected chi connectivity index (χ3v) is 6.85. The van der Waals surface area contributed by atoms with Gasteiger partial charge in [0.15, 0.2) is 0 Å². The van der Waals surface area contributed by atoms with Crippen LogP contribution in [0.4, 0.5) is 11.4 Å². The number of benzene rings is 1. The molecule has 2 aliphatic rings. The van der Waals surface area contributed by atoms with E-state index in [-0.39, 0.29) is 34.8 Å². The Morgan fingerprint density at radius 3 is 2.65 bits per heavy atom. The van der Waals surface area contributed by atoms with E-state index in [9.17, 15) is 14.9 Å². The summed E-state index contributed by atoms with van der Waals surface area (Å²) >= 11 is 0. The number of aromatic nitrogens is 1. The molecule has 178 valence electrons. The summed E-state index contributed by atoms with van der Waals surface area (Å²) in [6.07, 6.45) is 8.51. The van der Waals surface area contributed by atoms with Crippen LogP contribution in [-0.2, 0) is 0 Å². The molecule has 1 aliphatic carbocycles. The van der Waals surface area contributed by atoms with Crippen molar-refractivity contribution in [3.63, 3.8) is 0 Å². The summed E-state index contributed by atoms with van der Waals surface area (Å²) in [5.74, 6) is -0.123. The summed E-state index contributed by atoms with van der Waals surface area (Å²) in [7, 11) is 0. The number of H-pyrrole nitrogens is 1. The first-order valence-electron chi connectivity index (χ1n) is 12.1. The summed E-state index contributed by atoms with van der Waals surface area (Å²) in [6, 6.07) is 9.48. The predicted octanol–water partition coefficient (Wildman–Crippen LogP) is 4.24. The molecule has 1 aliphatic heterocycles. The molecule has 1 aromatic carbocycles. The van der Waals surface area contributed by atoms with Crippen LogP contribution in [0.25, 0.3) is 0 Å². The lowest BCUT2D eigenvalue weighted by molar-refractivity contribution is 0.0792. The summed E-state index contributed by atoms with van der Waals surface area (Å²) in [4.78, 5) is 30.0. The minimum Gasteiger partial charge on any atom is -0.380 e. The zero-order valence-electron chi connectivity index (χ0n) is 19.6. The molecule has 1 saturated carbocycles. The lowest BCUT2D eigenvalue weighted by Crippen LogP contribution is -2.31. The molecule has 34 heavy (non-hydrogen) atoms. The number of likely N-dealkylation sites (tertiary alicyclic amines) is 1. The number of pyridine rings is 1. The van der Waals surface area contributed by atoms with E-state index in [4.69, 9.17) is 5.41 Å². The highest BCUT2D eigenvalue weighted by atomic mass is 16.2. The number of nitriles is 1. The number of hydrogen-bond donors (Lipinski definition) is 4. The predicted molar refractivity (Wildman–Crippen MR) is 133 cm³/mol. The van der Waals surface area contributed by atoms with Crippen LogP contribution < -0.4 is 16.2 Å². The van der Waals surface area contributed by atoms with Crippen molar-refractivity contribution in [3.8, 4) is 6.07 Å². The Bertz CT molecular complexity index is 1160. The highest BCUT2D eigenvalue weighted by Gasteiger charge is 2.25. The van der Waals surface area contributed by atoms with Gasteiger partial charge in [-0.2, -0.15) is 5.26 Å². The van der Waals surface area contributed by atoms with Gasteiger partial charge in [0.05, 0.1) is 17.7 Å². The third-order valence-electron chi connectivity index (χ3n) is 6.85. The van der Waals surface area contributed by atoms with E-state index in [0.717, 1.165) is 63.6 Å². The topological polar surface area (TPSA) is 125 Å². The molecule has 8 nitrogen and oxygen atoms in total. The molecule has 1 saturated heterocycles. The number of amidine groups is 1. The maximum Gasteiger partial charge on any atom is 0.261 e. The molecule has 1 aromatic heterocycles. The smallest absolute Gasteiger partial charge is 0.261 e. The quantitative estimate of drug-likeness (QED) is 0.302. The summed E-state index contributed by atoms with van der Waals surface area (Å²) in [5, 5.41) is 24.7. The SMILES string of the molecule is Cc1cc(NC(=N)c2c(N[C@H]3CCCCC[C@@H]3C#N)cc[nH]c2=O)ccc1C(=O)N1CCCC1. The van der Waals surface area contributed by atoms with Gasteiger partial charge in [0.2, 0.25) is 0 Å². The number of aromatic amines is 1. The van der Waals surface area contributed by atoms with Gasteiger partial charge in [0.25, 0.3) is 11.5 Å². The van der Waals surface area contributed by atoms with Crippen LogP contribution in [0.3, 0.4) is 0 Å². The highest BCUT2D eigenvalue weighted by molar-refractivity contribution is 6.09. The number of nitrogens with one attached hydrogen (secondary N) is 4. The second-order valence-electron chi connectivity index (χ2n) is 9.25. The number of amides is 1. The fourth-order valence-corrected chi connectivity index (χ4v) is 4.96. The number of aryl methyl sites for hydroxylation is 1. The number of anilines is 2. The summed E-state index contributed by atoms with van der Waals surface area (Å²) < 4.78 is 0. The van der Waals surface area contributed by atoms with Crippen LogP contribution in [0.1, 0.15) is 66.4 Å². The molecule has 4 N–H and O–H groups in total. The van der Waals surface area contributed by atoms with Crippen molar-refractivity contribution in [2.24, 2.45) is 5.92 Å². The average Bonchev–Trinajstić information content (AvgIpc) is 3.26. The van der Waals surface area contributed by atoms with Crippen LogP contribution in [-0.4, -0.2) is 40.8 Å². The van der Waals surface area contributed by atoms with Crippen LogP contribution in [0.15, 0.2) is 35.3 Å². The van der Waals surface area contributed by atoms with Gasteiger partial charge in [-0.1, -0.05) is 19.3 Å². The van der Waals surface area contributed by atoms with E-state index in [1.54, 1.807) is 24.4 Å². The Kier molecular flexibility index (Phi) is 7.31. The van der Waals surface area contributed by atoms with Crippen molar-refractivity contribution < 1.29 is 4.79 Å². The normalized spacial score (nSPS) is 20.3. The van der Waals surface area contributed by atoms with Crippen LogP contribution in [0.5, 0.6) is 0 Å². The molecular weight excluding hydrogens is 428 g/mol. The zero-order valence-corrected chi connectivity index (χ0v) is 19.6. The molecule has 0 unspecified atom stereocenters. The Morgan fingerprint density at radius 1 is 1.15 bits per heavy atom. The largest absolute Gasteiger partial charge is 0.380 e. The molecule has 4 rings (SSSR count). The van der Waals surface area contributed by atoms with E-state index in [2.05, 4.69) is 21.7 Å². The van der Waals surface area contributed by atoms with Gasteiger partial charge >= 0.3 is 0 Å². The molecule has 2 atom stereocenters. The van der Waals surface area contributed by atoms with Gasteiger partial charge in [-0.05, 0) is 62.4 Å². The van der Waals surface area contributed by atoms with Gasteiger partial charge in [-0.25, -0.2) is 0 Å². The maximum atomic E-state index is 12.8. The van der Waals surface area contributed by atoms with E-state index in [0.29, 0.717) is 16.9 Å². The summed E-state index contributed by atoms with van der Waals surface area (Å²) in [6.45, 7) is 3.47. The minimum atomic E-state index is -0.373. The van der Waals surface area contributed by atoms with Gasteiger partial charge < -0.3 is 20.5 Å². The van der Waals surface area contributed by atoms with Crippen LogP contribution >= 0.6 is 0 Å². The van der Waals surface area contributed by atoms with E-state index in [1.165, 1.54) is 0 Å². The molecule has 0 spiro atoms. The van der Waals surface area contributed by atoms with Crippen molar-refractivity contribution in [2.75, 3.05) is 23.7 Å². The van der Waals surface area contributed by atoms with E-state index in [1.807, 2.05) is 17.9 Å². The molecule has 1 amide bonds. The van der Waals surface area contributed by atoms with Gasteiger partial charge in [0, 0.05) is 36.6 Å². The first-order chi connectivity index (χ1) is 16.5. The van der Waals surface area contributed by atoms with E-state index < -0.39 is 0 Å². The van der Waals surface area contributed by atoms with Crippen LogP contribution in [0.2, 0.25) is 0 Å². The Morgan fingerprint density at radius 2 is 1.91 bits per heavy atom. The second kappa shape index (κ2) is 10.6. The fourth-order valence-electron chi connectivity index (χ4n) is 4.96. The van der Waals surface area contributed by atoms with Crippen molar-refractivity contribution in [1.29, 1.82) is 10.7 Å². The van der Waals surface area contributed by atoms with Crippen molar-refractivity contribution in [1.82, 2.24) is 9.88 Å². The van der Waals surface area contributed by atoms with Crippen LogP contribution in [0, 0.1) is 29.6 Å².